The second-order valence-electron chi connectivity index (χ2n) is 6.58. The van der Waals surface area contributed by atoms with E-state index in [-0.39, 0.29) is 18.3 Å². The van der Waals surface area contributed by atoms with Crippen LogP contribution in [0.4, 0.5) is 8.78 Å². The average molecular weight is 354 g/mol. The van der Waals surface area contributed by atoms with Crippen molar-refractivity contribution in [1.82, 2.24) is 19.8 Å². The number of piperidine rings is 1. The van der Waals surface area contributed by atoms with Gasteiger partial charge in [0.05, 0.1) is 18.6 Å². The summed E-state index contributed by atoms with van der Waals surface area (Å²) >= 11 is 0. The molecule has 2 aliphatic heterocycles. The molecule has 7 nitrogen and oxygen atoms in total. The summed E-state index contributed by atoms with van der Waals surface area (Å²) in [6.45, 7) is 0.332. The van der Waals surface area contributed by atoms with E-state index >= 15 is 0 Å². The minimum Gasteiger partial charge on any atom is -0.383 e. The molecular formula is C16H20F2N4O3. The lowest BCUT2D eigenvalue weighted by Crippen LogP contribution is -2.57. The Morgan fingerprint density at radius 3 is 2.72 bits per heavy atom. The molecule has 1 spiro atoms. The Balaban J connectivity index is 1.82. The van der Waals surface area contributed by atoms with Crippen LogP contribution in [0.25, 0.3) is 0 Å². The molecule has 2 aliphatic rings. The van der Waals surface area contributed by atoms with E-state index in [4.69, 9.17) is 4.74 Å². The van der Waals surface area contributed by atoms with Gasteiger partial charge in [0.1, 0.15) is 0 Å². The number of alkyl halides is 2. The first-order valence-corrected chi connectivity index (χ1v) is 8.09. The zero-order valence-corrected chi connectivity index (χ0v) is 14.0. The minimum absolute atomic E-state index is 0.0397. The van der Waals surface area contributed by atoms with Crippen LogP contribution in [0.3, 0.4) is 0 Å². The molecule has 0 bridgehead atoms. The summed E-state index contributed by atoms with van der Waals surface area (Å²) in [5.74, 6) is -4.29. The average Bonchev–Trinajstić information content (AvgIpc) is 2.87. The van der Waals surface area contributed by atoms with Gasteiger partial charge in [0.25, 0.3) is 11.8 Å². The smallest absolute Gasteiger partial charge is 0.291 e. The Morgan fingerprint density at radius 2 is 2.04 bits per heavy atom. The van der Waals surface area contributed by atoms with Crippen molar-refractivity contribution in [2.24, 2.45) is 5.41 Å². The van der Waals surface area contributed by atoms with E-state index in [9.17, 15) is 18.4 Å². The normalized spacial score (nSPS) is 25.6. The lowest BCUT2D eigenvalue weighted by Gasteiger charge is -2.42. The summed E-state index contributed by atoms with van der Waals surface area (Å²) < 4.78 is 33.7. The SMILES string of the molecule is COCCN1CCC2(CN(C(=O)c3ncccn3)CC(F)(F)C2)C1=O. The van der Waals surface area contributed by atoms with Crippen LogP contribution in [-0.4, -0.2) is 77.4 Å². The number of aromatic nitrogens is 2. The highest BCUT2D eigenvalue weighted by Crippen LogP contribution is 2.45. The van der Waals surface area contributed by atoms with Crippen LogP contribution in [-0.2, 0) is 9.53 Å². The van der Waals surface area contributed by atoms with Crippen LogP contribution in [0.5, 0.6) is 0 Å². The minimum atomic E-state index is -3.13. The van der Waals surface area contributed by atoms with Crippen molar-refractivity contribution in [3.63, 3.8) is 0 Å². The van der Waals surface area contributed by atoms with E-state index < -0.39 is 30.2 Å². The fourth-order valence-electron chi connectivity index (χ4n) is 3.62. The monoisotopic (exact) mass is 354 g/mol. The number of likely N-dealkylation sites (tertiary alicyclic amines) is 2. The third-order valence-electron chi connectivity index (χ3n) is 4.72. The molecule has 136 valence electrons. The van der Waals surface area contributed by atoms with Gasteiger partial charge in [-0.3, -0.25) is 9.59 Å². The highest BCUT2D eigenvalue weighted by Gasteiger charge is 2.57. The Kier molecular flexibility index (Phi) is 4.68. The van der Waals surface area contributed by atoms with Crippen molar-refractivity contribution in [2.75, 3.05) is 39.9 Å². The number of hydrogen-bond donors (Lipinski definition) is 0. The van der Waals surface area contributed by atoms with Gasteiger partial charge in [-0.1, -0.05) is 0 Å². The maximum Gasteiger partial charge on any atom is 0.291 e. The molecule has 0 aliphatic carbocycles. The molecule has 1 aromatic rings. The number of amides is 2. The number of ether oxygens (including phenoxy) is 1. The molecule has 3 heterocycles. The number of carbonyl (C=O) groups is 2. The van der Waals surface area contributed by atoms with E-state index in [0.29, 0.717) is 26.1 Å². The first-order valence-electron chi connectivity index (χ1n) is 8.09. The van der Waals surface area contributed by atoms with E-state index in [1.54, 1.807) is 0 Å². The maximum atomic E-state index is 14.3. The predicted octanol–water partition coefficient (Wildman–Crippen LogP) is 0.823. The molecule has 25 heavy (non-hydrogen) atoms. The van der Waals surface area contributed by atoms with Crippen molar-refractivity contribution < 1.29 is 23.1 Å². The summed E-state index contributed by atoms with van der Waals surface area (Å²) in [6, 6.07) is 1.54. The van der Waals surface area contributed by atoms with Gasteiger partial charge >= 0.3 is 0 Å². The maximum absolute atomic E-state index is 14.3. The fraction of sp³-hybridized carbons (Fsp3) is 0.625. The van der Waals surface area contributed by atoms with Crippen LogP contribution in [0.15, 0.2) is 18.5 Å². The lowest BCUT2D eigenvalue weighted by molar-refractivity contribution is -0.151. The largest absolute Gasteiger partial charge is 0.383 e. The van der Waals surface area contributed by atoms with E-state index in [1.165, 1.54) is 30.5 Å². The predicted molar refractivity (Wildman–Crippen MR) is 83.0 cm³/mol. The second kappa shape index (κ2) is 6.62. The highest BCUT2D eigenvalue weighted by molar-refractivity contribution is 5.92. The molecule has 1 unspecified atom stereocenters. The summed E-state index contributed by atoms with van der Waals surface area (Å²) in [6.07, 6.45) is 2.52. The molecule has 9 heteroatoms. The third-order valence-corrected chi connectivity index (χ3v) is 4.72. The zero-order valence-electron chi connectivity index (χ0n) is 14.0. The molecule has 2 fully saturated rings. The Hall–Kier alpha value is -2.16. The molecule has 2 amide bonds. The van der Waals surface area contributed by atoms with Gasteiger partial charge in [-0.25, -0.2) is 18.7 Å². The first-order chi connectivity index (χ1) is 11.9. The van der Waals surface area contributed by atoms with Crippen LogP contribution < -0.4 is 0 Å². The molecule has 3 rings (SSSR count). The highest BCUT2D eigenvalue weighted by atomic mass is 19.3. The summed E-state index contributed by atoms with van der Waals surface area (Å²) in [4.78, 5) is 35.5. The van der Waals surface area contributed by atoms with Gasteiger partial charge in [0.2, 0.25) is 11.7 Å². The number of methoxy groups -OCH3 is 1. The number of carbonyl (C=O) groups excluding carboxylic acids is 2. The van der Waals surface area contributed by atoms with Crippen molar-refractivity contribution in [3.8, 4) is 0 Å². The Morgan fingerprint density at radius 1 is 1.32 bits per heavy atom. The molecule has 1 atom stereocenters. The quantitative estimate of drug-likeness (QED) is 0.800. The van der Waals surface area contributed by atoms with Gasteiger partial charge in [0.15, 0.2) is 0 Å². The third kappa shape index (κ3) is 3.46. The van der Waals surface area contributed by atoms with E-state index in [0.717, 1.165) is 4.90 Å². The van der Waals surface area contributed by atoms with Crippen molar-refractivity contribution in [3.05, 3.63) is 24.3 Å². The number of halogens is 2. The van der Waals surface area contributed by atoms with Gasteiger partial charge in [-0.2, -0.15) is 0 Å². The van der Waals surface area contributed by atoms with E-state index in [1.807, 2.05) is 0 Å². The molecule has 0 aromatic carbocycles. The van der Waals surface area contributed by atoms with Crippen LogP contribution in [0, 0.1) is 5.41 Å². The molecule has 1 aromatic heterocycles. The number of rotatable bonds is 4. The molecule has 0 N–H and O–H groups in total. The van der Waals surface area contributed by atoms with Crippen LogP contribution in [0.1, 0.15) is 23.5 Å². The number of hydrogen-bond acceptors (Lipinski definition) is 5. The number of nitrogens with zero attached hydrogens (tertiary/aromatic N) is 4. The summed E-state index contributed by atoms with van der Waals surface area (Å²) in [7, 11) is 1.52. The molecule has 2 saturated heterocycles. The van der Waals surface area contributed by atoms with Crippen molar-refractivity contribution in [1.29, 1.82) is 0 Å². The Labute approximate surface area is 144 Å². The second-order valence-corrected chi connectivity index (χ2v) is 6.58. The van der Waals surface area contributed by atoms with Crippen molar-refractivity contribution >= 4 is 11.8 Å². The van der Waals surface area contributed by atoms with Gasteiger partial charge in [0, 0.05) is 45.6 Å². The van der Waals surface area contributed by atoms with Crippen LogP contribution in [0.2, 0.25) is 0 Å². The zero-order chi connectivity index (χ0) is 18.1. The van der Waals surface area contributed by atoms with Crippen LogP contribution >= 0.6 is 0 Å². The lowest BCUT2D eigenvalue weighted by atomic mass is 9.77. The summed E-state index contributed by atoms with van der Waals surface area (Å²) in [5, 5.41) is 0. The van der Waals surface area contributed by atoms with Gasteiger partial charge in [-0.15, -0.1) is 0 Å². The van der Waals surface area contributed by atoms with E-state index in [2.05, 4.69) is 9.97 Å². The van der Waals surface area contributed by atoms with Gasteiger partial charge in [-0.05, 0) is 12.5 Å². The topological polar surface area (TPSA) is 75.6 Å². The first kappa shape index (κ1) is 17.7. The fourth-order valence-corrected chi connectivity index (χ4v) is 3.62. The Bertz CT molecular complexity index is 658. The standard InChI is InChI=1S/C16H20F2N4O3/c1-25-8-7-21-6-3-15(14(21)24)9-16(17,18)11-22(10-15)13(23)12-19-4-2-5-20-12/h2,4-5H,3,6-11H2,1H3. The van der Waals surface area contributed by atoms with Crippen molar-refractivity contribution in [2.45, 2.75) is 18.8 Å². The molecule has 0 saturated carbocycles. The molecular weight excluding hydrogens is 334 g/mol. The summed E-state index contributed by atoms with van der Waals surface area (Å²) in [5.41, 5.74) is -1.25. The molecule has 0 radical (unpaired) electrons. The van der Waals surface area contributed by atoms with Gasteiger partial charge < -0.3 is 14.5 Å².